The molecule has 1 aliphatic rings. The van der Waals surface area contributed by atoms with Gasteiger partial charge in [0.2, 0.25) is 0 Å². The Morgan fingerprint density at radius 3 is 2.94 bits per heavy atom. The lowest BCUT2D eigenvalue weighted by atomic mass is 9.81. The van der Waals surface area contributed by atoms with Gasteiger partial charge >= 0.3 is 0 Å². The van der Waals surface area contributed by atoms with Crippen LogP contribution < -0.4 is 5.32 Å². The molecule has 0 aliphatic carbocycles. The van der Waals surface area contributed by atoms with Crippen LogP contribution in [0.2, 0.25) is 5.02 Å². The predicted octanol–water partition coefficient (Wildman–Crippen LogP) is 1.99. The topological polar surface area (TPSA) is 32.3 Å². The molecule has 1 aliphatic heterocycles. The Kier molecular flexibility index (Phi) is 3.47. The molecule has 1 heterocycles. The Bertz CT molecular complexity index is 377. The lowest BCUT2D eigenvalue weighted by Gasteiger charge is -2.26. The SMILES string of the molecule is OCC1(Cc2cc(F)ccc2Cl)CCNC1. The zero-order valence-electron chi connectivity index (χ0n) is 8.97. The predicted molar refractivity (Wildman–Crippen MR) is 62.1 cm³/mol. The van der Waals surface area contributed by atoms with E-state index in [9.17, 15) is 9.50 Å². The second kappa shape index (κ2) is 4.70. The molecular weight excluding hydrogens is 229 g/mol. The molecule has 0 spiro atoms. The van der Waals surface area contributed by atoms with Gasteiger partial charge in [0, 0.05) is 17.0 Å². The highest BCUT2D eigenvalue weighted by molar-refractivity contribution is 6.31. The Labute approximate surface area is 99.4 Å². The van der Waals surface area contributed by atoms with Gasteiger partial charge in [-0.05, 0) is 43.1 Å². The number of benzene rings is 1. The smallest absolute Gasteiger partial charge is 0.123 e. The highest BCUT2D eigenvalue weighted by Gasteiger charge is 2.33. The van der Waals surface area contributed by atoms with E-state index >= 15 is 0 Å². The third-order valence-electron chi connectivity index (χ3n) is 3.24. The zero-order valence-corrected chi connectivity index (χ0v) is 9.73. The Balaban J connectivity index is 2.21. The highest BCUT2D eigenvalue weighted by Crippen LogP contribution is 2.32. The van der Waals surface area contributed by atoms with E-state index in [4.69, 9.17) is 11.6 Å². The molecule has 0 bridgehead atoms. The van der Waals surface area contributed by atoms with Crippen LogP contribution in [0.25, 0.3) is 0 Å². The van der Waals surface area contributed by atoms with Crippen LogP contribution >= 0.6 is 11.6 Å². The number of hydrogen-bond acceptors (Lipinski definition) is 2. The maximum absolute atomic E-state index is 13.1. The first-order valence-corrected chi connectivity index (χ1v) is 5.79. The van der Waals surface area contributed by atoms with Crippen LogP contribution in [0.1, 0.15) is 12.0 Å². The maximum Gasteiger partial charge on any atom is 0.123 e. The first-order valence-electron chi connectivity index (χ1n) is 5.41. The summed E-state index contributed by atoms with van der Waals surface area (Å²) < 4.78 is 13.1. The molecule has 1 fully saturated rings. The van der Waals surface area contributed by atoms with Gasteiger partial charge in [-0.15, -0.1) is 0 Å². The molecule has 2 rings (SSSR count). The number of rotatable bonds is 3. The van der Waals surface area contributed by atoms with E-state index in [1.54, 1.807) is 6.07 Å². The molecule has 0 saturated carbocycles. The second-order valence-electron chi connectivity index (χ2n) is 4.50. The van der Waals surface area contributed by atoms with Crippen molar-refractivity contribution in [2.75, 3.05) is 19.7 Å². The van der Waals surface area contributed by atoms with E-state index in [1.807, 2.05) is 0 Å². The van der Waals surface area contributed by atoms with Crippen molar-refractivity contribution < 1.29 is 9.50 Å². The zero-order chi connectivity index (χ0) is 11.6. The van der Waals surface area contributed by atoms with Gasteiger partial charge in [-0.3, -0.25) is 0 Å². The van der Waals surface area contributed by atoms with Gasteiger partial charge in [0.15, 0.2) is 0 Å². The van der Waals surface area contributed by atoms with Crippen molar-refractivity contribution in [2.45, 2.75) is 12.8 Å². The van der Waals surface area contributed by atoms with Crippen molar-refractivity contribution in [3.8, 4) is 0 Å². The molecule has 16 heavy (non-hydrogen) atoms. The summed E-state index contributed by atoms with van der Waals surface area (Å²) in [5, 5.41) is 13.3. The summed E-state index contributed by atoms with van der Waals surface area (Å²) in [4.78, 5) is 0. The van der Waals surface area contributed by atoms with E-state index in [2.05, 4.69) is 5.32 Å². The molecule has 0 amide bonds. The Morgan fingerprint density at radius 2 is 2.31 bits per heavy atom. The largest absolute Gasteiger partial charge is 0.396 e. The number of aliphatic hydroxyl groups excluding tert-OH is 1. The molecular formula is C12H15ClFNO. The molecule has 1 atom stereocenters. The van der Waals surface area contributed by atoms with Crippen molar-refractivity contribution in [1.29, 1.82) is 0 Å². The summed E-state index contributed by atoms with van der Waals surface area (Å²) in [5.41, 5.74) is 0.594. The lowest BCUT2D eigenvalue weighted by Crippen LogP contribution is -2.30. The summed E-state index contributed by atoms with van der Waals surface area (Å²) in [7, 11) is 0. The van der Waals surface area contributed by atoms with Crippen molar-refractivity contribution in [1.82, 2.24) is 5.32 Å². The van der Waals surface area contributed by atoms with E-state index in [0.717, 1.165) is 25.1 Å². The van der Waals surface area contributed by atoms with E-state index in [1.165, 1.54) is 12.1 Å². The fourth-order valence-electron chi connectivity index (χ4n) is 2.22. The fourth-order valence-corrected chi connectivity index (χ4v) is 2.40. The molecule has 1 unspecified atom stereocenters. The summed E-state index contributed by atoms with van der Waals surface area (Å²) in [6.07, 6.45) is 1.52. The first kappa shape index (κ1) is 11.8. The quantitative estimate of drug-likeness (QED) is 0.851. The van der Waals surface area contributed by atoms with Gasteiger partial charge in [0.1, 0.15) is 5.82 Å². The van der Waals surface area contributed by atoms with E-state index in [0.29, 0.717) is 11.4 Å². The fraction of sp³-hybridized carbons (Fsp3) is 0.500. The van der Waals surface area contributed by atoms with Gasteiger partial charge in [-0.25, -0.2) is 4.39 Å². The Hall–Kier alpha value is -0.640. The number of nitrogens with one attached hydrogen (secondary N) is 1. The number of hydrogen-bond donors (Lipinski definition) is 2. The van der Waals surface area contributed by atoms with Crippen LogP contribution in [0.15, 0.2) is 18.2 Å². The summed E-state index contributed by atoms with van der Waals surface area (Å²) >= 11 is 6.02. The minimum Gasteiger partial charge on any atom is -0.396 e. The molecule has 1 aromatic rings. The molecule has 1 aromatic carbocycles. The van der Waals surface area contributed by atoms with Gasteiger partial charge in [-0.2, -0.15) is 0 Å². The standard InChI is InChI=1S/C12H15ClFNO/c13-11-2-1-10(14)5-9(11)6-12(8-16)3-4-15-7-12/h1-2,5,15-16H,3-4,6-8H2. The third-order valence-corrected chi connectivity index (χ3v) is 3.61. The van der Waals surface area contributed by atoms with Crippen molar-refractivity contribution in [3.63, 3.8) is 0 Å². The van der Waals surface area contributed by atoms with Gasteiger partial charge in [0.25, 0.3) is 0 Å². The van der Waals surface area contributed by atoms with Crippen LogP contribution in [0.5, 0.6) is 0 Å². The second-order valence-corrected chi connectivity index (χ2v) is 4.90. The van der Waals surface area contributed by atoms with Gasteiger partial charge < -0.3 is 10.4 Å². The van der Waals surface area contributed by atoms with Crippen LogP contribution in [-0.2, 0) is 6.42 Å². The monoisotopic (exact) mass is 243 g/mol. The van der Waals surface area contributed by atoms with Crippen LogP contribution in [0.4, 0.5) is 4.39 Å². The summed E-state index contributed by atoms with van der Waals surface area (Å²) in [5.74, 6) is -0.279. The average molecular weight is 244 g/mol. The summed E-state index contributed by atoms with van der Waals surface area (Å²) in [6.45, 7) is 1.76. The van der Waals surface area contributed by atoms with Crippen molar-refractivity contribution in [3.05, 3.63) is 34.6 Å². The van der Waals surface area contributed by atoms with Crippen LogP contribution in [0.3, 0.4) is 0 Å². The van der Waals surface area contributed by atoms with Crippen molar-refractivity contribution >= 4 is 11.6 Å². The van der Waals surface area contributed by atoms with E-state index < -0.39 is 0 Å². The van der Waals surface area contributed by atoms with Crippen LogP contribution in [0, 0.1) is 11.2 Å². The average Bonchev–Trinajstić information content (AvgIpc) is 2.73. The molecule has 0 aromatic heterocycles. The minimum atomic E-state index is -0.279. The minimum absolute atomic E-state index is 0.104. The van der Waals surface area contributed by atoms with Gasteiger partial charge in [-0.1, -0.05) is 11.6 Å². The van der Waals surface area contributed by atoms with Crippen molar-refractivity contribution in [2.24, 2.45) is 5.41 Å². The molecule has 2 nitrogen and oxygen atoms in total. The number of aliphatic hydroxyl groups is 1. The number of halogens is 2. The molecule has 1 saturated heterocycles. The van der Waals surface area contributed by atoms with E-state index in [-0.39, 0.29) is 17.8 Å². The molecule has 0 radical (unpaired) electrons. The normalized spacial score (nSPS) is 24.9. The van der Waals surface area contributed by atoms with Crippen LogP contribution in [-0.4, -0.2) is 24.8 Å². The summed E-state index contributed by atoms with van der Waals surface area (Å²) in [6, 6.07) is 4.38. The maximum atomic E-state index is 13.1. The third kappa shape index (κ3) is 2.37. The molecule has 4 heteroatoms. The highest BCUT2D eigenvalue weighted by atomic mass is 35.5. The van der Waals surface area contributed by atoms with Gasteiger partial charge in [0.05, 0.1) is 6.61 Å². The Morgan fingerprint density at radius 1 is 1.50 bits per heavy atom. The lowest BCUT2D eigenvalue weighted by molar-refractivity contribution is 0.143. The first-order chi connectivity index (χ1) is 7.65. The molecule has 88 valence electrons. The molecule has 2 N–H and O–H groups in total.